The Morgan fingerprint density at radius 3 is 2.71 bits per heavy atom. The Labute approximate surface area is 131 Å². The summed E-state index contributed by atoms with van der Waals surface area (Å²) in [4.78, 5) is 4.27. The lowest BCUT2D eigenvalue weighted by Crippen LogP contribution is -2.27. The Morgan fingerprint density at radius 1 is 1.43 bits per heavy atom. The van der Waals surface area contributed by atoms with Crippen LogP contribution < -0.4 is 0 Å². The lowest BCUT2D eigenvalue weighted by molar-refractivity contribution is 0.245. The van der Waals surface area contributed by atoms with Crippen LogP contribution in [0, 0.1) is 6.92 Å². The molecule has 6 nitrogen and oxygen atoms in total. The van der Waals surface area contributed by atoms with E-state index in [0.717, 1.165) is 5.69 Å². The van der Waals surface area contributed by atoms with Gasteiger partial charge in [-0.2, -0.15) is 4.31 Å². The number of aryl methyl sites for hydroxylation is 1. The summed E-state index contributed by atoms with van der Waals surface area (Å²) in [6, 6.07) is 6.75. The molecule has 2 aromatic heterocycles. The van der Waals surface area contributed by atoms with Crippen molar-refractivity contribution in [2.45, 2.75) is 25.0 Å². The summed E-state index contributed by atoms with van der Waals surface area (Å²) in [7, 11) is -2.26. The molecule has 0 spiro atoms. The van der Waals surface area contributed by atoms with Crippen molar-refractivity contribution in [1.82, 2.24) is 9.29 Å². The number of rotatable bonds is 5. The van der Waals surface area contributed by atoms with Crippen molar-refractivity contribution >= 4 is 26.0 Å². The molecule has 0 bridgehead atoms. The summed E-state index contributed by atoms with van der Waals surface area (Å²) in [5.74, 6) is 0.183. The minimum absolute atomic E-state index is 0.0123. The molecule has 8 heteroatoms. The van der Waals surface area contributed by atoms with Crippen molar-refractivity contribution < 1.29 is 17.9 Å². The van der Waals surface area contributed by atoms with Gasteiger partial charge in [-0.3, -0.25) is 4.98 Å². The third-order valence-corrected chi connectivity index (χ3v) is 5.54. The first-order chi connectivity index (χ1) is 9.84. The lowest BCUT2D eigenvalue weighted by atomic mass is 10.3. The van der Waals surface area contributed by atoms with Gasteiger partial charge in [0, 0.05) is 18.8 Å². The molecule has 0 saturated carbocycles. The topological polar surface area (TPSA) is 83.6 Å². The second kappa shape index (κ2) is 6.27. The molecule has 0 saturated heterocycles. The first-order valence-electron chi connectivity index (χ1n) is 6.12. The van der Waals surface area contributed by atoms with Crippen LogP contribution in [0.4, 0.5) is 0 Å². The van der Waals surface area contributed by atoms with E-state index in [2.05, 4.69) is 20.9 Å². The SMILES string of the molecule is Cc1cccc(CN(C)S(=O)(=O)c2cc(CO)oc2Br)n1. The molecule has 0 fully saturated rings. The summed E-state index contributed by atoms with van der Waals surface area (Å²) in [6.07, 6.45) is 0. The molecular weight excluding hydrogens is 360 g/mol. The number of nitrogens with zero attached hydrogens (tertiary/aromatic N) is 2. The van der Waals surface area contributed by atoms with Crippen molar-refractivity contribution in [1.29, 1.82) is 0 Å². The zero-order chi connectivity index (χ0) is 15.6. The fourth-order valence-electron chi connectivity index (χ4n) is 1.82. The number of furan rings is 1. The van der Waals surface area contributed by atoms with Gasteiger partial charge in [-0.1, -0.05) is 6.07 Å². The van der Waals surface area contributed by atoms with E-state index in [1.807, 2.05) is 19.1 Å². The molecular formula is C13H15BrN2O4S. The molecule has 21 heavy (non-hydrogen) atoms. The zero-order valence-corrected chi connectivity index (χ0v) is 14.0. The number of hydrogen-bond acceptors (Lipinski definition) is 5. The molecule has 0 aliphatic carbocycles. The molecule has 114 valence electrons. The van der Waals surface area contributed by atoms with Crippen LogP contribution in [-0.4, -0.2) is 29.9 Å². The molecule has 1 N–H and O–H groups in total. The smallest absolute Gasteiger partial charge is 0.247 e. The molecule has 0 aliphatic heterocycles. The molecule has 2 heterocycles. The van der Waals surface area contributed by atoms with E-state index in [9.17, 15) is 8.42 Å². The minimum Gasteiger partial charge on any atom is -0.450 e. The van der Waals surface area contributed by atoms with Gasteiger partial charge in [0.15, 0.2) is 4.67 Å². The fraction of sp³-hybridized carbons (Fsp3) is 0.308. The standard InChI is InChI=1S/C13H15BrN2O4S/c1-9-4-3-5-10(15-9)7-16(2)21(18,19)12-6-11(8-17)20-13(12)14/h3-6,17H,7-8H2,1-2H3. The van der Waals surface area contributed by atoms with Crippen LogP contribution >= 0.6 is 15.9 Å². The highest BCUT2D eigenvalue weighted by atomic mass is 79.9. The average Bonchev–Trinajstić information content (AvgIpc) is 2.80. The van der Waals surface area contributed by atoms with Crippen LogP contribution in [0.1, 0.15) is 17.1 Å². The monoisotopic (exact) mass is 374 g/mol. The highest BCUT2D eigenvalue weighted by Gasteiger charge is 2.27. The van der Waals surface area contributed by atoms with Crippen LogP contribution in [0.15, 0.2) is 38.2 Å². The predicted molar refractivity (Wildman–Crippen MR) is 80.0 cm³/mol. The predicted octanol–water partition coefficient (Wildman–Crippen LogP) is 2.06. The van der Waals surface area contributed by atoms with E-state index in [4.69, 9.17) is 9.52 Å². The molecule has 0 unspecified atom stereocenters. The zero-order valence-electron chi connectivity index (χ0n) is 11.6. The number of aliphatic hydroxyl groups is 1. The summed E-state index contributed by atoms with van der Waals surface area (Å²) in [5, 5.41) is 9.01. The molecule has 0 amide bonds. The van der Waals surface area contributed by atoms with Crippen LogP contribution in [0.25, 0.3) is 0 Å². The molecule has 2 aromatic rings. The molecule has 0 aliphatic rings. The number of hydrogen-bond donors (Lipinski definition) is 1. The number of sulfonamides is 1. The maximum absolute atomic E-state index is 12.5. The Balaban J connectivity index is 2.28. The lowest BCUT2D eigenvalue weighted by Gasteiger charge is -2.16. The van der Waals surface area contributed by atoms with E-state index in [1.165, 1.54) is 17.4 Å². The molecule has 0 aromatic carbocycles. The van der Waals surface area contributed by atoms with E-state index >= 15 is 0 Å². The van der Waals surface area contributed by atoms with Gasteiger partial charge in [0.1, 0.15) is 17.3 Å². The van der Waals surface area contributed by atoms with Crippen LogP contribution in [0.2, 0.25) is 0 Å². The van der Waals surface area contributed by atoms with E-state index in [1.54, 1.807) is 6.07 Å². The molecule has 0 atom stereocenters. The summed E-state index contributed by atoms with van der Waals surface area (Å²) < 4.78 is 31.4. The first-order valence-corrected chi connectivity index (χ1v) is 8.36. The van der Waals surface area contributed by atoms with Gasteiger partial charge in [-0.25, -0.2) is 8.42 Å². The van der Waals surface area contributed by atoms with E-state index in [-0.39, 0.29) is 28.5 Å². The number of pyridine rings is 1. The fourth-order valence-corrected chi connectivity index (χ4v) is 3.92. The summed E-state index contributed by atoms with van der Waals surface area (Å²) in [5.41, 5.74) is 1.48. The maximum Gasteiger partial charge on any atom is 0.247 e. The van der Waals surface area contributed by atoms with Gasteiger partial charge < -0.3 is 9.52 Å². The van der Waals surface area contributed by atoms with Crippen molar-refractivity contribution in [3.8, 4) is 0 Å². The second-order valence-corrected chi connectivity index (χ2v) is 7.27. The largest absolute Gasteiger partial charge is 0.450 e. The van der Waals surface area contributed by atoms with Crippen molar-refractivity contribution in [3.05, 3.63) is 46.1 Å². The quantitative estimate of drug-likeness (QED) is 0.865. The second-order valence-electron chi connectivity index (χ2n) is 4.54. The average molecular weight is 375 g/mol. The molecule has 0 radical (unpaired) electrons. The highest BCUT2D eigenvalue weighted by molar-refractivity contribution is 9.10. The van der Waals surface area contributed by atoms with Crippen LogP contribution in [-0.2, 0) is 23.2 Å². The van der Waals surface area contributed by atoms with Gasteiger partial charge in [-0.15, -0.1) is 0 Å². The summed E-state index contributed by atoms with van der Waals surface area (Å²) >= 11 is 3.06. The maximum atomic E-state index is 12.5. The Bertz CT molecular complexity index is 742. The van der Waals surface area contributed by atoms with Crippen molar-refractivity contribution in [3.63, 3.8) is 0 Å². The van der Waals surface area contributed by atoms with Gasteiger partial charge in [0.05, 0.1) is 12.2 Å². The molecule has 2 rings (SSSR count). The summed E-state index contributed by atoms with van der Waals surface area (Å²) in [6.45, 7) is 1.63. The van der Waals surface area contributed by atoms with Crippen molar-refractivity contribution in [2.24, 2.45) is 0 Å². The Morgan fingerprint density at radius 2 is 2.14 bits per heavy atom. The van der Waals surface area contributed by atoms with E-state index < -0.39 is 10.0 Å². The van der Waals surface area contributed by atoms with E-state index in [0.29, 0.717) is 5.69 Å². The van der Waals surface area contributed by atoms with Gasteiger partial charge in [0.2, 0.25) is 10.0 Å². The van der Waals surface area contributed by atoms with Crippen molar-refractivity contribution in [2.75, 3.05) is 7.05 Å². The highest BCUT2D eigenvalue weighted by Crippen LogP contribution is 2.28. The number of halogens is 1. The van der Waals surface area contributed by atoms with Gasteiger partial charge in [-0.05, 0) is 35.0 Å². The number of aliphatic hydroxyl groups excluding tert-OH is 1. The first kappa shape index (κ1) is 16.2. The van der Waals surface area contributed by atoms with Crippen LogP contribution in [0.3, 0.4) is 0 Å². The number of aromatic nitrogens is 1. The Hall–Kier alpha value is -1.22. The Kier molecular flexibility index (Phi) is 4.82. The third-order valence-electron chi connectivity index (χ3n) is 2.88. The van der Waals surface area contributed by atoms with Gasteiger partial charge >= 0.3 is 0 Å². The minimum atomic E-state index is -3.73. The van der Waals surface area contributed by atoms with Crippen LogP contribution in [0.5, 0.6) is 0 Å². The normalized spacial score (nSPS) is 12.0. The van der Waals surface area contributed by atoms with Gasteiger partial charge in [0.25, 0.3) is 0 Å². The third kappa shape index (κ3) is 3.52.